The summed E-state index contributed by atoms with van der Waals surface area (Å²) in [4.78, 5) is 22.2. The van der Waals surface area contributed by atoms with Gasteiger partial charge in [0.2, 0.25) is 0 Å². The van der Waals surface area contributed by atoms with Gasteiger partial charge >= 0.3 is 5.97 Å². The number of ether oxygens (including phenoxy) is 1. The Labute approximate surface area is 104 Å². The number of carbonyl (C=O) groups excluding carboxylic acids is 1. The summed E-state index contributed by atoms with van der Waals surface area (Å²) < 4.78 is 17.9. The summed E-state index contributed by atoms with van der Waals surface area (Å²) >= 11 is 0. The number of hydrogen-bond acceptors (Lipinski definition) is 3. The molecule has 5 nitrogen and oxygen atoms in total. The molecule has 0 spiro atoms. The number of carboxylic acid groups (broad SMARTS) is 1. The lowest BCUT2D eigenvalue weighted by atomic mass is 10.1. The highest BCUT2D eigenvalue weighted by molar-refractivity contribution is 5.95. The molecule has 0 aromatic heterocycles. The molecule has 6 heteroatoms. The van der Waals surface area contributed by atoms with Crippen molar-refractivity contribution in [2.45, 2.75) is 19.4 Å². The normalized spacial score (nSPS) is 11.7. The van der Waals surface area contributed by atoms with Crippen LogP contribution in [0.2, 0.25) is 0 Å². The van der Waals surface area contributed by atoms with Crippen LogP contribution in [0.25, 0.3) is 0 Å². The number of halogens is 1. The molecule has 0 radical (unpaired) electrons. The van der Waals surface area contributed by atoms with E-state index < -0.39 is 23.7 Å². The van der Waals surface area contributed by atoms with Gasteiger partial charge in [-0.2, -0.15) is 0 Å². The van der Waals surface area contributed by atoms with Crippen molar-refractivity contribution < 1.29 is 23.8 Å². The number of carbonyl (C=O) groups is 2. The van der Waals surface area contributed by atoms with E-state index >= 15 is 0 Å². The molecule has 1 unspecified atom stereocenters. The zero-order chi connectivity index (χ0) is 13.7. The molecule has 0 saturated carbocycles. The van der Waals surface area contributed by atoms with Gasteiger partial charge in [0.25, 0.3) is 5.91 Å². The van der Waals surface area contributed by atoms with Crippen LogP contribution in [-0.2, 0) is 4.79 Å². The van der Waals surface area contributed by atoms with Gasteiger partial charge in [0, 0.05) is 11.6 Å². The number of rotatable bonds is 5. The first kappa shape index (κ1) is 14.0. The molecule has 1 aromatic carbocycles. The smallest absolute Gasteiger partial charge is 0.305 e. The maximum absolute atomic E-state index is 13.1. The van der Waals surface area contributed by atoms with Crippen LogP contribution in [0.5, 0.6) is 5.75 Å². The maximum atomic E-state index is 13.1. The van der Waals surface area contributed by atoms with Gasteiger partial charge in [0.15, 0.2) is 11.6 Å². The highest BCUT2D eigenvalue weighted by Gasteiger charge is 2.14. The van der Waals surface area contributed by atoms with Crippen LogP contribution in [0.1, 0.15) is 23.7 Å². The molecule has 0 aliphatic rings. The molecule has 98 valence electrons. The molecule has 2 N–H and O–H groups in total. The van der Waals surface area contributed by atoms with Gasteiger partial charge in [0.1, 0.15) is 0 Å². The Morgan fingerprint density at radius 2 is 2.17 bits per heavy atom. The van der Waals surface area contributed by atoms with Crippen molar-refractivity contribution in [2.24, 2.45) is 0 Å². The molecule has 1 rings (SSSR count). The summed E-state index contributed by atoms with van der Waals surface area (Å²) in [5.74, 6) is -2.07. The van der Waals surface area contributed by atoms with E-state index in [1.165, 1.54) is 19.2 Å². The Kier molecular flexibility index (Phi) is 4.65. The van der Waals surface area contributed by atoms with Crippen LogP contribution in [0.15, 0.2) is 18.2 Å². The number of amides is 1. The van der Waals surface area contributed by atoms with E-state index in [9.17, 15) is 14.0 Å². The van der Waals surface area contributed by atoms with Crippen LogP contribution in [0.3, 0.4) is 0 Å². The lowest BCUT2D eigenvalue weighted by molar-refractivity contribution is -0.137. The average Bonchev–Trinajstić information content (AvgIpc) is 2.28. The largest absolute Gasteiger partial charge is 0.494 e. The minimum absolute atomic E-state index is 0.0338. The molecule has 0 fully saturated rings. The fraction of sp³-hybridized carbons (Fsp3) is 0.333. The van der Waals surface area contributed by atoms with Crippen LogP contribution in [-0.4, -0.2) is 30.1 Å². The highest BCUT2D eigenvalue weighted by Crippen LogP contribution is 2.18. The van der Waals surface area contributed by atoms with Crippen molar-refractivity contribution in [2.75, 3.05) is 7.11 Å². The second-order valence-corrected chi connectivity index (χ2v) is 3.82. The summed E-state index contributed by atoms with van der Waals surface area (Å²) in [5, 5.41) is 11.1. The minimum Gasteiger partial charge on any atom is -0.494 e. The van der Waals surface area contributed by atoms with Crippen molar-refractivity contribution in [3.63, 3.8) is 0 Å². The SMILES string of the molecule is COc1cc(C(=O)NC(C)CC(=O)O)ccc1F. The number of aliphatic carboxylic acids is 1. The van der Waals surface area contributed by atoms with Gasteiger partial charge < -0.3 is 15.2 Å². The Balaban J connectivity index is 2.75. The zero-order valence-corrected chi connectivity index (χ0v) is 10.1. The Morgan fingerprint density at radius 3 is 2.72 bits per heavy atom. The Morgan fingerprint density at radius 1 is 1.50 bits per heavy atom. The summed E-state index contributed by atoms with van der Waals surface area (Å²) in [6.45, 7) is 1.58. The van der Waals surface area contributed by atoms with E-state index in [0.29, 0.717) is 0 Å². The molecule has 0 aliphatic heterocycles. The number of methoxy groups -OCH3 is 1. The van der Waals surface area contributed by atoms with Crippen LogP contribution < -0.4 is 10.1 Å². The average molecular weight is 255 g/mol. The lowest BCUT2D eigenvalue weighted by Gasteiger charge is -2.12. The molecule has 0 bridgehead atoms. The Bertz CT molecular complexity index is 461. The molecule has 0 heterocycles. The van der Waals surface area contributed by atoms with Crippen LogP contribution in [0, 0.1) is 5.82 Å². The van der Waals surface area contributed by atoms with Gasteiger partial charge in [0.05, 0.1) is 13.5 Å². The molecule has 0 aliphatic carbocycles. The van der Waals surface area contributed by atoms with Gasteiger partial charge in [-0.05, 0) is 25.1 Å². The maximum Gasteiger partial charge on any atom is 0.305 e. The van der Waals surface area contributed by atoms with Crippen LogP contribution >= 0.6 is 0 Å². The molecule has 1 atom stereocenters. The fourth-order valence-corrected chi connectivity index (χ4v) is 1.42. The summed E-state index contributed by atoms with van der Waals surface area (Å²) in [5.41, 5.74) is 0.213. The third kappa shape index (κ3) is 3.73. The second-order valence-electron chi connectivity index (χ2n) is 3.82. The van der Waals surface area contributed by atoms with E-state index in [-0.39, 0.29) is 17.7 Å². The molecule has 0 saturated heterocycles. The van der Waals surface area contributed by atoms with E-state index in [1.54, 1.807) is 6.92 Å². The fourth-order valence-electron chi connectivity index (χ4n) is 1.42. The molecular weight excluding hydrogens is 241 g/mol. The molecule has 1 amide bonds. The second kappa shape index (κ2) is 6.00. The monoisotopic (exact) mass is 255 g/mol. The van der Waals surface area contributed by atoms with Crippen molar-refractivity contribution in [1.82, 2.24) is 5.32 Å². The number of hydrogen-bond donors (Lipinski definition) is 2. The van der Waals surface area contributed by atoms with E-state index in [2.05, 4.69) is 5.32 Å². The number of nitrogens with one attached hydrogen (secondary N) is 1. The predicted octanol–water partition coefficient (Wildman–Crippen LogP) is 1.43. The van der Waals surface area contributed by atoms with Gasteiger partial charge in [-0.25, -0.2) is 4.39 Å². The third-order valence-corrected chi connectivity index (χ3v) is 2.27. The van der Waals surface area contributed by atoms with Crippen molar-refractivity contribution >= 4 is 11.9 Å². The molecular formula is C12H14FNO4. The third-order valence-electron chi connectivity index (χ3n) is 2.27. The predicted molar refractivity (Wildman–Crippen MR) is 62.1 cm³/mol. The Hall–Kier alpha value is -2.11. The van der Waals surface area contributed by atoms with Gasteiger partial charge in [-0.3, -0.25) is 9.59 Å². The standard InChI is InChI=1S/C12H14FNO4/c1-7(5-11(15)16)14-12(17)8-3-4-9(13)10(6-8)18-2/h3-4,6-7H,5H2,1-2H3,(H,14,17)(H,15,16). The minimum atomic E-state index is -1.00. The summed E-state index contributed by atoms with van der Waals surface area (Å²) in [6, 6.07) is 3.18. The van der Waals surface area contributed by atoms with E-state index in [1.807, 2.05) is 0 Å². The first-order chi connectivity index (χ1) is 8.43. The van der Waals surface area contributed by atoms with Crippen molar-refractivity contribution in [1.29, 1.82) is 0 Å². The highest BCUT2D eigenvalue weighted by atomic mass is 19.1. The first-order valence-corrected chi connectivity index (χ1v) is 5.30. The number of carboxylic acids is 1. The first-order valence-electron chi connectivity index (χ1n) is 5.30. The van der Waals surface area contributed by atoms with Crippen LogP contribution in [0.4, 0.5) is 4.39 Å². The quantitative estimate of drug-likeness (QED) is 0.834. The van der Waals surface area contributed by atoms with E-state index in [4.69, 9.17) is 9.84 Å². The number of benzene rings is 1. The van der Waals surface area contributed by atoms with Crippen molar-refractivity contribution in [3.8, 4) is 5.75 Å². The van der Waals surface area contributed by atoms with E-state index in [0.717, 1.165) is 6.07 Å². The zero-order valence-electron chi connectivity index (χ0n) is 10.1. The molecule has 18 heavy (non-hydrogen) atoms. The van der Waals surface area contributed by atoms with Crippen molar-refractivity contribution in [3.05, 3.63) is 29.6 Å². The van der Waals surface area contributed by atoms with Gasteiger partial charge in [-0.15, -0.1) is 0 Å². The summed E-state index contributed by atoms with van der Waals surface area (Å²) in [6.07, 6.45) is -0.177. The lowest BCUT2D eigenvalue weighted by Crippen LogP contribution is -2.34. The molecule has 1 aromatic rings. The summed E-state index contributed by atoms with van der Waals surface area (Å²) in [7, 11) is 1.30. The van der Waals surface area contributed by atoms with Gasteiger partial charge in [-0.1, -0.05) is 0 Å². The topological polar surface area (TPSA) is 75.6 Å².